The van der Waals surface area contributed by atoms with Crippen LogP contribution in [0.25, 0.3) is 0 Å². The maximum atomic E-state index is 12.6. The number of likely N-dealkylation sites (tertiary alicyclic amines) is 1. The maximum absolute atomic E-state index is 12.6. The minimum Gasteiger partial charge on any atom is -0.441 e. The Balaban J connectivity index is 1.69. The highest BCUT2D eigenvalue weighted by Crippen LogP contribution is 2.32. The zero-order valence-corrected chi connectivity index (χ0v) is 13.0. The van der Waals surface area contributed by atoms with Crippen LogP contribution in [0.4, 0.5) is 4.79 Å². The van der Waals surface area contributed by atoms with Gasteiger partial charge in [-0.05, 0) is 25.0 Å². The molecule has 2 aliphatic rings. The minimum absolute atomic E-state index is 0.100. The van der Waals surface area contributed by atoms with Crippen molar-refractivity contribution in [1.29, 1.82) is 5.26 Å². The molecule has 0 saturated carbocycles. The third kappa shape index (κ3) is 2.97. The maximum Gasteiger partial charge on any atom is 0.410 e. The van der Waals surface area contributed by atoms with Crippen LogP contribution in [0, 0.1) is 11.3 Å². The van der Waals surface area contributed by atoms with Gasteiger partial charge in [0.05, 0.1) is 12.1 Å². The quantitative estimate of drug-likeness (QED) is 0.782. The van der Waals surface area contributed by atoms with E-state index in [1.165, 1.54) is 6.20 Å². The van der Waals surface area contributed by atoms with E-state index in [4.69, 9.17) is 10.00 Å². The molecule has 2 saturated heterocycles. The van der Waals surface area contributed by atoms with Gasteiger partial charge in [0.15, 0.2) is 0 Å². The van der Waals surface area contributed by atoms with Gasteiger partial charge in [-0.15, -0.1) is 0 Å². The van der Waals surface area contributed by atoms with Crippen molar-refractivity contribution in [1.82, 2.24) is 14.8 Å². The number of hydrogen-bond donors (Lipinski definition) is 0. The molecule has 0 N–H and O–H groups in total. The van der Waals surface area contributed by atoms with E-state index in [1.807, 2.05) is 6.07 Å². The van der Waals surface area contributed by atoms with Crippen molar-refractivity contribution < 1.29 is 14.3 Å². The van der Waals surface area contributed by atoms with Crippen LogP contribution in [-0.4, -0.2) is 59.1 Å². The molecule has 0 aromatic carbocycles. The van der Waals surface area contributed by atoms with E-state index in [1.54, 1.807) is 29.0 Å². The molecule has 1 unspecified atom stereocenters. The zero-order chi connectivity index (χ0) is 16.4. The van der Waals surface area contributed by atoms with Crippen LogP contribution in [0.5, 0.6) is 0 Å². The standard InChI is InChI=1S/C16H18N4O3/c1-19-11-16(23-15(19)22)5-2-7-20(8-6-16)14(21)12-3-4-13(9-17)18-10-12/h3-4,10H,2,5-8,11H2,1H3. The first-order valence-corrected chi connectivity index (χ1v) is 7.63. The number of amides is 2. The van der Waals surface area contributed by atoms with Gasteiger partial charge in [-0.3, -0.25) is 4.79 Å². The second-order valence-electron chi connectivity index (χ2n) is 6.10. The van der Waals surface area contributed by atoms with Crippen molar-refractivity contribution in [2.75, 3.05) is 26.7 Å². The van der Waals surface area contributed by atoms with Crippen LogP contribution in [0.3, 0.4) is 0 Å². The summed E-state index contributed by atoms with van der Waals surface area (Å²) in [6.45, 7) is 1.74. The Hall–Kier alpha value is -2.62. The highest BCUT2D eigenvalue weighted by atomic mass is 16.6. The molecule has 7 nitrogen and oxygen atoms in total. The van der Waals surface area contributed by atoms with Crippen LogP contribution in [0.2, 0.25) is 0 Å². The molecule has 3 heterocycles. The number of nitrogens with zero attached hydrogens (tertiary/aromatic N) is 4. The molecular formula is C16H18N4O3. The Morgan fingerprint density at radius 3 is 2.83 bits per heavy atom. The Morgan fingerprint density at radius 1 is 1.39 bits per heavy atom. The summed E-state index contributed by atoms with van der Waals surface area (Å²) in [5.41, 5.74) is 0.293. The molecule has 0 radical (unpaired) electrons. The fourth-order valence-electron chi connectivity index (χ4n) is 3.19. The van der Waals surface area contributed by atoms with E-state index >= 15 is 0 Å². The number of pyridine rings is 1. The number of carbonyl (C=O) groups excluding carboxylic acids is 2. The average molecular weight is 314 g/mol. The van der Waals surface area contributed by atoms with Gasteiger partial charge in [-0.25, -0.2) is 9.78 Å². The summed E-state index contributed by atoms with van der Waals surface area (Å²) >= 11 is 0. The first kappa shape index (κ1) is 15.3. The Bertz CT molecular complexity index is 667. The van der Waals surface area contributed by atoms with Crippen molar-refractivity contribution >= 4 is 12.0 Å². The van der Waals surface area contributed by atoms with Gasteiger partial charge >= 0.3 is 6.09 Å². The Labute approximate surface area is 134 Å². The van der Waals surface area contributed by atoms with Crippen molar-refractivity contribution in [3.63, 3.8) is 0 Å². The van der Waals surface area contributed by atoms with Crippen molar-refractivity contribution in [2.45, 2.75) is 24.9 Å². The molecule has 0 aliphatic carbocycles. The molecule has 1 aromatic rings. The SMILES string of the molecule is CN1CC2(CCCN(C(=O)c3ccc(C#N)nc3)CC2)OC1=O. The van der Waals surface area contributed by atoms with Crippen LogP contribution >= 0.6 is 0 Å². The minimum atomic E-state index is -0.468. The van der Waals surface area contributed by atoms with E-state index in [9.17, 15) is 9.59 Å². The topological polar surface area (TPSA) is 86.5 Å². The van der Waals surface area contributed by atoms with Gasteiger partial charge in [-0.1, -0.05) is 0 Å². The Kier molecular flexibility index (Phi) is 3.90. The van der Waals surface area contributed by atoms with Crippen molar-refractivity contribution in [3.8, 4) is 6.07 Å². The second kappa shape index (κ2) is 5.88. The van der Waals surface area contributed by atoms with Gasteiger partial charge in [0, 0.05) is 32.8 Å². The molecule has 0 bridgehead atoms. The first-order valence-electron chi connectivity index (χ1n) is 7.63. The van der Waals surface area contributed by atoms with Gasteiger partial charge < -0.3 is 14.5 Å². The van der Waals surface area contributed by atoms with Gasteiger partial charge in [-0.2, -0.15) is 5.26 Å². The fraction of sp³-hybridized carbons (Fsp3) is 0.500. The number of carbonyl (C=O) groups is 2. The lowest BCUT2D eigenvalue weighted by atomic mass is 9.95. The summed E-state index contributed by atoms with van der Waals surface area (Å²) in [6.07, 6.45) is 3.33. The molecule has 2 amide bonds. The lowest BCUT2D eigenvalue weighted by Gasteiger charge is -2.25. The summed E-state index contributed by atoms with van der Waals surface area (Å²) in [5.74, 6) is -0.100. The molecule has 23 heavy (non-hydrogen) atoms. The average Bonchev–Trinajstić information content (AvgIpc) is 2.73. The van der Waals surface area contributed by atoms with E-state index < -0.39 is 5.60 Å². The highest BCUT2D eigenvalue weighted by molar-refractivity contribution is 5.94. The lowest BCUT2D eigenvalue weighted by Crippen LogP contribution is -2.36. The molecule has 1 aromatic heterocycles. The van der Waals surface area contributed by atoms with Gasteiger partial charge in [0.2, 0.25) is 0 Å². The molecule has 1 spiro atoms. The molecule has 1 atom stereocenters. The zero-order valence-electron chi connectivity index (χ0n) is 13.0. The number of aromatic nitrogens is 1. The summed E-state index contributed by atoms with van der Waals surface area (Å²) in [7, 11) is 1.73. The summed E-state index contributed by atoms with van der Waals surface area (Å²) in [6, 6.07) is 5.10. The van der Waals surface area contributed by atoms with E-state index in [2.05, 4.69) is 4.98 Å². The smallest absolute Gasteiger partial charge is 0.410 e. The Morgan fingerprint density at radius 2 is 2.22 bits per heavy atom. The largest absolute Gasteiger partial charge is 0.441 e. The number of likely N-dealkylation sites (N-methyl/N-ethyl adjacent to an activating group) is 1. The monoisotopic (exact) mass is 314 g/mol. The van der Waals surface area contributed by atoms with Crippen molar-refractivity contribution in [3.05, 3.63) is 29.6 Å². The lowest BCUT2D eigenvalue weighted by molar-refractivity contribution is 0.0438. The van der Waals surface area contributed by atoms with Crippen LogP contribution < -0.4 is 0 Å². The van der Waals surface area contributed by atoms with Gasteiger partial charge in [0.1, 0.15) is 17.4 Å². The first-order chi connectivity index (χ1) is 11.0. The number of ether oxygens (including phenoxy) is 1. The molecule has 7 heteroatoms. The molecule has 2 fully saturated rings. The van der Waals surface area contributed by atoms with Gasteiger partial charge in [0.25, 0.3) is 5.91 Å². The molecular weight excluding hydrogens is 296 g/mol. The van der Waals surface area contributed by atoms with E-state index in [0.717, 1.165) is 12.8 Å². The van der Waals surface area contributed by atoms with Crippen LogP contribution in [0.1, 0.15) is 35.3 Å². The second-order valence-corrected chi connectivity index (χ2v) is 6.10. The number of rotatable bonds is 1. The summed E-state index contributed by atoms with van der Waals surface area (Å²) < 4.78 is 5.55. The molecule has 2 aliphatic heterocycles. The normalized spacial score (nSPS) is 24.3. The third-order valence-electron chi connectivity index (χ3n) is 4.45. The molecule has 3 rings (SSSR count). The van der Waals surface area contributed by atoms with Crippen molar-refractivity contribution in [2.24, 2.45) is 0 Å². The summed E-state index contributed by atoms with van der Waals surface area (Å²) in [5, 5.41) is 8.76. The third-order valence-corrected chi connectivity index (χ3v) is 4.45. The van der Waals surface area contributed by atoms with Crippen LogP contribution in [-0.2, 0) is 4.74 Å². The van der Waals surface area contributed by atoms with E-state index in [-0.39, 0.29) is 17.7 Å². The van der Waals surface area contributed by atoms with Crippen LogP contribution in [0.15, 0.2) is 18.3 Å². The predicted molar refractivity (Wildman–Crippen MR) is 80.5 cm³/mol. The number of hydrogen-bond acceptors (Lipinski definition) is 5. The predicted octanol–water partition coefficient (Wildman–Crippen LogP) is 1.40. The summed E-state index contributed by atoms with van der Waals surface area (Å²) in [4.78, 5) is 31.5. The van der Waals surface area contributed by atoms with E-state index in [0.29, 0.717) is 31.6 Å². The number of nitriles is 1. The highest BCUT2D eigenvalue weighted by Gasteiger charge is 2.44. The fourth-order valence-corrected chi connectivity index (χ4v) is 3.19. The molecule has 120 valence electrons.